The number of aryl methyl sites for hydroxylation is 1. The molecule has 1 aromatic carbocycles. The number of nitrogens with zero attached hydrogens (tertiary/aromatic N) is 5. The van der Waals surface area contributed by atoms with Crippen LogP contribution in [0.15, 0.2) is 36.5 Å². The molecule has 0 saturated carbocycles. The van der Waals surface area contributed by atoms with Gasteiger partial charge in [0.05, 0.1) is 6.20 Å². The van der Waals surface area contributed by atoms with Crippen LogP contribution in [-0.4, -0.2) is 56.0 Å². The summed E-state index contributed by atoms with van der Waals surface area (Å²) >= 11 is 0. The lowest BCUT2D eigenvalue weighted by Gasteiger charge is -2.47. The Morgan fingerprint density at radius 1 is 1.17 bits per heavy atom. The number of benzene rings is 1. The highest BCUT2D eigenvalue weighted by Crippen LogP contribution is 2.32. The van der Waals surface area contributed by atoms with Crippen LogP contribution in [-0.2, 0) is 0 Å². The maximum Gasteiger partial charge on any atom is 0.272 e. The molecule has 1 amide bonds. The van der Waals surface area contributed by atoms with Crippen molar-refractivity contribution < 1.29 is 4.79 Å². The number of fused-ring (bicyclic) bond motifs is 3. The lowest BCUT2D eigenvalue weighted by atomic mass is 9.82. The number of aromatic nitrogens is 4. The average Bonchev–Trinajstić information content (AvgIpc) is 3.10. The van der Waals surface area contributed by atoms with E-state index in [2.05, 4.69) is 32.6 Å². The summed E-state index contributed by atoms with van der Waals surface area (Å²) in [5.41, 5.74) is 1.29. The molecule has 2 aliphatic heterocycles. The van der Waals surface area contributed by atoms with Crippen LogP contribution in [0.2, 0.25) is 0 Å². The fourth-order valence-corrected chi connectivity index (χ4v) is 4.96. The van der Waals surface area contributed by atoms with Gasteiger partial charge in [-0.3, -0.25) is 4.79 Å². The van der Waals surface area contributed by atoms with Gasteiger partial charge in [-0.05, 0) is 45.7 Å². The van der Waals surface area contributed by atoms with Crippen molar-refractivity contribution in [2.45, 2.75) is 57.2 Å². The Kier molecular flexibility index (Phi) is 4.54. The van der Waals surface area contributed by atoms with Crippen molar-refractivity contribution >= 4 is 16.7 Å². The maximum absolute atomic E-state index is 12.9. The fourth-order valence-electron chi connectivity index (χ4n) is 4.96. The monoisotopic (exact) mass is 390 g/mol. The highest BCUT2D eigenvalue weighted by molar-refractivity contribution is 5.93. The van der Waals surface area contributed by atoms with E-state index in [1.807, 2.05) is 37.3 Å². The van der Waals surface area contributed by atoms with Gasteiger partial charge < -0.3 is 10.2 Å². The molecule has 7 nitrogen and oxygen atoms in total. The molecule has 5 rings (SSSR count). The van der Waals surface area contributed by atoms with Crippen LogP contribution in [0.25, 0.3) is 16.6 Å². The predicted octanol–water partition coefficient (Wildman–Crippen LogP) is 2.87. The summed E-state index contributed by atoms with van der Waals surface area (Å²) in [5.74, 6) is 0.543. The predicted molar refractivity (Wildman–Crippen MR) is 111 cm³/mol. The van der Waals surface area contributed by atoms with E-state index < -0.39 is 0 Å². The topological polar surface area (TPSA) is 75.9 Å². The minimum absolute atomic E-state index is 0.104. The van der Waals surface area contributed by atoms with E-state index in [1.165, 1.54) is 19.3 Å². The second-order valence-corrected chi connectivity index (χ2v) is 8.38. The first-order valence-corrected chi connectivity index (χ1v) is 10.4. The van der Waals surface area contributed by atoms with Gasteiger partial charge in [-0.1, -0.05) is 30.7 Å². The summed E-state index contributed by atoms with van der Waals surface area (Å²) in [5, 5.41) is 18.2. The average molecular weight is 390 g/mol. The molecule has 2 fully saturated rings. The number of amides is 1. The van der Waals surface area contributed by atoms with Gasteiger partial charge in [0.1, 0.15) is 0 Å². The van der Waals surface area contributed by atoms with E-state index in [0.29, 0.717) is 23.6 Å². The Morgan fingerprint density at radius 2 is 1.93 bits per heavy atom. The zero-order valence-corrected chi connectivity index (χ0v) is 16.9. The van der Waals surface area contributed by atoms with E-state index in [0.717, 1.165) is 29.3 Å². The molecule has 4 heterocycles. The van der Waals surface area contributed by atoms with Crippen LogP contribution in [0.4, 0.5) is 0 Å². The Morgan fingerprint density at radius 3 is 2.72 bits per heavy atom. The SMILES string of the molecule is Cc1cc(C(=O)N[C@@H]2CC3CCC[C@H](C2)N3C)nn1-c1nncc2ccccc12. The van der Waals surface area contributed by atoms with E-state index in [-0.39, 0.29) is 11.9 Å². The molecule has 3 atom stereocenters. The van der Waals surface area contributed by atoms with E-state index >= 15 is 0 Å². The fraction of sp³-hybridized carbons (Fsp3) is 0.455. The lowest BCUT2D eigenvalue weighted by molar-refractivity contribution is 0.0462. The van der Waals surface area contributed by atoms with Gasteiger partial charge >= 0.3 is 0 Å². The molecule has 2 bridgehead atoms. The third kappa shape index (κ3) is 3.29. The molecular weight excluding hydrogens is 364 g/mol. The van der Waals surface area contributed by atoms with Crippen LogP contribution in [0.3, 0.4) is 0 Å². The third-order valence-electron chi connectivity index (χ3n) is 6.55. The second-order valence-electron chi connectivity index (χ2n) is 8.38. The standard InChI is InChI=1S/C22H26N6O/c1-14-10-20(22(29)24-16-11-17-7-5-8-18(12-16)27(17)2)26-28(14)21-19-9-4-3-6-15(19)13-23-25-21/h3-4,6,9-10,13,16-18H,5,7-8,11-12H2,1-2H3,(H,24,29)/t16-,17+,18?/m0/s1. The third-order valence-corrected chi connectivity index (χ3v) is 6.55. The van der Waals surface area contributed by atoms with Gasteiger partial charge in [-0.2, -0.15) is 10.2 Å². The van der Waals surface area contributed by atoms with Crippen LogP contribution >= 0.6 is 0 Å². The minimum atomic E-state index is -0.104. The van der Waals surface area contributed by atoms with Gasteiger partial charge in [0.2, 0.25) is 0 Å². The van der Waals surface area contributed by atoms with Crippen molar-refractivity contribution in [1.82, 2.24) is 30.2 Å². The second kappa shape index (κ2) is 7.22. The van der Waals surface area contributed by atoms with Gasteiger partial charge in [0.15, 0.2) is 11.5 Å². The molecule has 29 heavy (non-hydrogen) atoms. The van der Waals surface area contributed by atoms with Gasteiger partial charge in [0.25, 0.3) is 5.91 Å². The van der Waals surface area contributed by atoms with Crippen molar-refractivity contribution in [2.24, 2.45) is 0 Å². The molecule has 3 aromatic rings. The summed E-state index contributed by atoms with van der Waals surface area (Å²) in [6, 6.07) is 11.1. The lowest BCUT2D eigenvalue weighted by Crippen LogP contribution is -2.55. The largest absolute Gasteiger partial charge is 0.348 e. The van der Waals surface area contributed by atoms with Gasteiger partial charge in [-0.25, -0.2) is 4.68 Å². The molecule has 2 aliphatic rings. The van der Waals surface area contributed by atoms with E-state index in [1.54, 1.807) is 10.9 Å². The quantitative estimate of drug-likeness (QED) is 0.744. The number of piperidine rings is 2. The maximum atomic E-state index is 12.9. The summed E-state index contributed by atoms with van der Waals surface area (Å²) in [6.45, 7) is 1.94. The van der Waals surface area contributed by atoms with Crippen molar-refractivity contribution in [3.63, 3.8) is 0 Å². The Balaban J connectivity index is 1.38. The molecule has 1 N–H and O–H groups in total. The molecule has 1 unspecified atom stereocenters. The van der Waals surface area contributed by atoms with Crippen molar-refractivity contribution in [3.05, 3.63) is 47.9 Å². The van der Waals surface area contributed by atoms with E-state index in [4.69, 9.17) is 0 Å². The molecule has 0 aliphatic carbocycles. The summed E-state index contributed by atoms with van der Waals surface area (Å²) < 4.78 is 1.72. The van der Waals surface area contributed by atoms with Crippen LogP contribution < -0.4 is 5.32 Å². The zero-order chi connectivity index (χ0) is 20.0. The smallest absolute Gasteiger partial charge is 0.272 e. The van der Waals surface area contributed by atoms with Crippen LogP contribution in [0, 0.1) is 6.92 Å². The molecule has 0 radical (unpaired) electrons. The Bertz CT molecular complexity index is 1040. The first-order chi connectivity index (χ1) is 14.1. The highest BCUT2D eigenvalue weighted by atomic mass is 16.2. The summed E-state index contributed by atoms with van der Waals surface area (Å²) in [7, 11) is 2.22. The number of carbonyl (C=O) groups excluding carboxylic acids is 1. The first kappa shape index (κ1) is 18.2. The Hall–Kier alpha value is -2.80. The molecular formula is C22H26N6O. The van der Waals surface area contributed by atoms with E-state index in [9.17, 15) is 4.79 Å². The molecule has 150 valence electrons. The van der Waals surface area contributed by atoms with Crippen molar-refractivity contribution in [2.75, 3.05) is 7.05 Å². The summed E-state index contributed by atoms with van der Waals surface area (Å²) in [4.78, 5) is 15.4. The number of rotatable bonds is 3. The van der Waals surface area contributed by atoms with Crippen molar-refractivity contribution in [3.8, 4) is 5.82 Å². The zero-order valence-electron chi connectivity index (χ0n) is 16.9. The van der Waals surface area contributed by atoms with Crippen LogP contribution in [0.5, 0.6) is 0 Å². The summed E-state index contributed by atoms with van der Waals surface area (Å²) in [6.07, 6.45) is 7.54. The number of hydrogen-bond donors (Lipinski definition) is 1. The molecule has 7 heteroatoms. The number of nitrogens with one attached hydrogen (secondary N) is 1. The van der Waals surface area contributed by atoms with Crippen LogP contribution in [0.1, 0.15) is 48.3 Å². The normalized spacial score (nSPS) is 24.6. The Labute approximate surface area is 170 Å². The first-order valence-electron chi connectivity index (χ1n) is 10.4. The highest BCUT2D eigenvalue weighted by Gasteiger charge is 2.36. The molecule has 0 spiro atoms. The number of hydrogen-bond acceptors (Lipinski definition) is 5. The van der Waals surface area contributed by atoms with Crippen molar-refractivity contribution in [1.29, 1.82) is 0 Å². The molecule has 2 aromatic heterocycles. The number of carbonyl (C=O) groups is 1. The minimum Gasteiger partial charge on any atom is -0.348 e. The molecule has 2 saturated heterocycles. The van der Waals surface area contributed by atoms with Gasteiger partial charge in [-0.15, -0.1) is 5.10 Å². The van der Waals surface area contributed by atoms with Gasteiger partial charge in [0, 0.05) is 34.6 Å².